The Kier molecular flexibility index (Phi) is 4.45. The van der Waals surface area contributed by atoms with Crippen molar-refractivity contribution in [2.75, 3.05) is 12.4 Å². The molecule has 1 N–H and O–H groups in total. The molecule has 0 atom stereocenters. The van der Waals surface area contributed by atoms with E-state index in [0.29, 0.717) is 20.7 Å². The van der Waals surface area contributed by atoms with Crippen LogP contribution in [0.5, 0.6) is 5.75 Å². The molecule has 1 amide bonds. The number of carbonyl (C=O) groups is 1. The SMILES string of the molecule is COc1ccc(NC(=O)c2cccc(Br)c2Cl)cc1. The Morgan fingerprint density at radius 1 is 1.21 bits per heavy atom. The van der Waals surface area contributed by atoms with Gasteiger partial charge in [0, 0.05) is 10.2 Å². The molecule has 2 aromatic carbocycles. The molecule has 0 radical (unpaired) electrons. The molecule has 0 bridgehead atoms. The van der Waals surface area contributed by atoms with E-state index in [9.17, 15) is 4.79 Å². The van der Waals surface area contributed by atoms with E-state index in [1.54, 1.807) is 49.6 Å². The summed E-state index contributed by atoms with van der Waals surface area (Å²) in [5, 5.41) is 3.17. The molecule has 0 heterocycles. The molecule has 0 aliphatic carbocycles. The zero-order chi connectivity index (χ0) is 13.8. The van der Waals surface area contributed by atoms with Crippen LogP contribution in [0.1, 0.15) is 10.4 Å². The fourth-order valence-electron chi connectivity index (χ4n) is 1.55. The molecule has 0 spiro atoms. The van der Waals surface area contributed by atoms with Crippen molar-refractivity contribution in [1.29, 1.82) is 0 Å². The first kappa shape index (κ1) is 13.9. The molecule has 3 nitrogen and oxygen atoms in total. The Labute approximate surface area is 124 Å². The molecule has 19 heavy (non-hydrogen) atoms. The van der Waals surface area contributed by atoms with Gasteiger partial charge >= 0.3 is 0 Å². The van der Waals surface area contributed by atoms with Crippen LogP contribution < -0.4 is 10.1 Å². The highest BCUT2D eigenvalue weighted by molar-refractivity contribution is 9.10. The predicted molar refractivity (Wildman–Crippen MR) is 80.1 cm³/mol. The van der Waals surface area contributed by atoms with Crippen LogP contribution in [-0.2, 0) is 0 Å². The van der Waals surface area contributed by atoms with Gasteiger partial charge in [-0.3, -0.25) is 4.79 Å². The van der Waals surface area contributed by atoms with Gasteiger partial charge in [0.05, 0.1) is 17.7 Å². The molecule has 98 valence electrons. The molecule has 0 aromatic heterocycles. The van der Waals surface area contributed by atoms with Crippen LogP contribution in [0.15, 0.2) is 46.9 Å². The van der Waals surface area contributed by atoms with Gasteiger partial charge in [0.2, 0.25) is 0 Å². The van der Waals surface area contributed by atoms with Gasteiger partial charge in [-0.2, -0.15) is 0 Å². The number of rotatable bonds is 3. The van der Waals surface area contributed by atoms with Crippen molar-refractivity contribution >= 4 is 39.1 Å². The first-order valence-corrected chi connectivity index (χ1v) is 6.68. The lowest BCUT2D eigenvalue weighted by atomic mass is 10.2. The quantitative estimate of drug-likeness (QED) is 0.901. The number of methoxy groups -OCH3 is 1. The lowest BCUT2D eigenvalue weighted by Gasteiger charge is -2.08. The summed E-state index contributed by atoms with van der Waals surface area (Å²) in [6.45, 7) is 0. The van der Waals surface area contributed by atoms with Crippen molar-refractivity contribution in [3.63, 3.8) is 0 Å². The first-order chi connectivity index (χ1) is 9.11. The van der Waals surface area contributed by atoms with Crippen LogP contribution in [0.2, 0.25) is 5.02 Å². The van der Waals surface area contributed by atoms with Crippen LogP contribution in [0, 0.1) is 0 Å². The number of carbonyl (C=O) groups excluding carboxylic acids is 1. The number of amides is 1. The lowest BCUT2D eigenvalue weighted by Crippen LogP contribution is -2.12. The van der Waals surface area contributed by atoms with Crippen molar-refractivity contribution in [1.82, 2.24) is 0 Å². The monoisotopic (exact) mass is 339 g/mol. The Morgan fingerprint density at radius 2 is 1.89 bits per heavy atom. The van der Waals surface area contributed by atoms with E-state index in [4.69, 9.17) is 16.3 Å². The maximum Gasteiger partial charge on any atom is 0.257 e. The lowest BCUT2D eigenvalue weighted by molar-refractivity contribution is 0.102. The summed E-state index contributed by atoms with van der Waals surface area (Å²) < 4.78 is 5.74. The molecule has 0 unspecified atom stereocenters. The molecular weight excluding hydrogens is 330 g/mol. The van der Waals surface area contributed by atoms with Gasteiger partial charge in [0.25, 0.3) is 5.91 Å². The molecule has 5 heteroatoms. The Hall–Kier alpha value is -1.52. The molecule has 0 aliphatic heterocycles. The number of hydrogen-bond acceptors (Lipinski definition) is 2. The summed E-state index contributed by atoms with van der Waals surface area (Å²) >= 11 is 9.36. The fourth-order valence-corrected chi connectivity index (χ4v) is 2.13. The second-order valence-electron chi connectivity index (χ2n) is 3.78. The van der Waals surface area contributed by atoms with Gasteiger partial charge in [0.1, 0.15) is 5.75 Å². The number of anilines is 1. The predicted octanol–water partition coefficient (Wildman–Crippen LogP) is 4.36. The highest BCUT2D eigenvalue weighted by Gasteiger charge is 2.12. The molecule has 0 saturated carbocycles. The summed E-state index contributed by atoms with van der Waals surface area (Å²) in [5.41, 5.74) is 1.11. The van der Waals surface area contributed by atoms with Gasteiger partial charge in [0.15, 0.2) is 0 Å². The zero-order valence-electron chi connectivity index (χ0n) is 10.1. The van der Waals surface area contributed by atoms with E-state index in [2.05, 4.69) is 21.2 Å². The van der Waals surface area contributed by atoms with Crippen LogP contribution in [0.25, 0.3) is 0 Å². The van der Waals surface area contributed by atoms with E-state index in [1.807, 2.05) is 0 Å². The minimum Gasteiger partial charge on any atom is -0.497 e. The summed E-state index contributed by atoms with van der Waals surface area (Å²) in [4.78, 5) is 12.1. The van der Waals surface area contributed by atoms with Gasteiger partial charge in [-0.1, -0.05) is 17.7 Å². The van der Waals surface area contributed by atoms with Crippen molar-refractivity contribution in [3.05, 3.63) is 57.5 Å². The van der Waals surface area contributed by atoms with Gasteiger partial charge in [-0.25, -0.2) is 0 Å². The topological polar surface area (TPSA) is 38.3 Å². The van der Waals surface area contributed by atoms with Crippen molar-refractivity contribution < 1.29 is 9.53 Å². The van der Waals surface area contributed by atoms with Crippen molar-refractivity contribution in [3.8, 4) is 5.75 Å². The third-order valence-electron chi connectivity index (χ3n) is 2.54. The Balaban J connectivity index is 2.18. The number of benzene rings is 2. The van der Waals surface area contributed by atoms with Crippen LogP contribution in [-0.4, -0.2) is 13.0 Å². The molecule has 2 rings (SSSR count). The Morgan fingerprint density at radius 3 is 2.53 bits per heavy atom. The highest BCUT2D eigenvalue weighted by Crippen LogP contribution is 2.26. The smallest absolute Gasteiger partial charge is 0.257 e. The summed E-state index contributed by atoms with van der Waals surface area (Å²) in [6, 6.07) is 12.3. The molecule has 0 aliphatic rings. The maximum atomic E-state index is 12.1. The van der Waals surface area contributed by atoms with Gasteiger partial charge < -0.3 is 10.1 Å². The van der Waals surface area contributed by atoms with Crippen LogP contribution in [0.4, 0.5) is 5.69 Å². The average molecular weight is 341 g/mol. The number of ether oxygens (including phenoxy) is 1. The van der Waals surface area contributed by atoms with Gasteiger partial charge in [-0.05, 0) is 52.3 Å². The third kappa shape index (κ3) is 3.28. The summed E-state index contributed by atoms with van der Waals surface area (Å²) in [7, 11) is 1.59. The fraction of sp³-hybridized carbons (Fsp3) is 0.0714. The second kappa shape index (κ2) is 6.08. The standard InChI is InChI=1S/C14H11BrClNO2/c1-19-10-7-5-9(6-8-10)17-14(18)11-3-2-4-12(15)13(11)16/h2-8H,1H3,(H,17,18). The van der Waals surface area contributed by atoms with E-state index >= 15 is 0 Å². The molecule has 0 fully saturated rings. The largest absolute Gasteiger partial charge is 0.497 e. The van der Waals surface area contributed by atoms with Crippen LogP contribution in [0.3, 0.4) is 0 Å². The molecule has 0 saturated heterocycles. The first-order valence-electron chi connectivity index (χ1n) is 5.51. The summed E-state index contributed by atoms with van der Waals surface area (Å²) in [5.74, 6) is 0.481. The normalized spacial score (nSPS) is 10.1. The minimum atomic E-state index is -0.253. The zero-order valence-corrected chi connectivity index (χ0v) is 12.5. The van der Waals surface area contributed by atoms with E-state index < -0.39 is 0 Å². The number of hydrogen-bond donors (Lipinski definition) is 1. The van der Waals surface area contributed by atoms with Crippen molar-refractivity contribution in [2.24, 2.45) is 0 Å². The number of halogens is 2. The van der Waals surface area contributed by atoms with E-state index in [0.717, 1.165) is 5.75 Å². The number of nitrogens with one attached hydrogen (secondary N) is 1. The maximum absolute atomic E-state index is 12.1. The summed E-state index contributed by atoms with van der Waals surface area (Å²) in [6.07, 6.45) is 0. The average Bonchev–Trinajstić information content (AvgIpc) is 2.42. The Bertz CT molecular complexity index is 599. The molecule has 2 aromatic rings. The van der Waals surface area contributed by atoms with Gasteiger partial charge in [-0.15, -0.1) is 0 Å². The van der Waals surface area contributed by atoms with Crippen LogP contribution >= 0.6 is 27.5 Å². The minimum absolute atomic E-state index is 0.253. The van der Waals surface area contributed by atoms with E-state index in [1.165, 1.54) is 0 Å². The molecular formula is C14H11BrClNO2. The van der Waals surface area contributed by atoms with E-state index in [-0.39, 0.29) is 5.91 Å². The van der Waals surface area contributed by atoms with Crippen molar-refractivity contribution in [2.45, 2.75) is 0 Å². The second-order valence-corrected chi connectivity index (χ2v) is 5.02. The third-order valence-corrected chi connectivity index (χ3v) is 3.84. The highest BCUT2D eigenvalue weighted by atomic mass is 79.9.